The molecule has 4 heteroatoms. The number of aliphatic hydroxyl groups excluding tert-OH is 1. The summed E-state index contributed by atoms with van der Waals surface area (Å²) < 4.78 is 0. The van der Waals surface area contributed by atoms with E-state index >= 15 is 0 Å². The van der Waals surface area contributed by atoms with Crippen molar-refractivity contribution in [2.75, 3.05) is 18.0 Å². The normalized spacial score (nSPS) is 19.0. The third-order valence-electron chi connectivity index (χ3n) is 3.67. The Morgan fingerprint density at radius 2 is 1.95 bits per heavy atom. The van der Waals surface area contributed by atoms with Crippen LogP contribution in [0.1, 0.15) is 12.0 Å². The molecule has 0 amide bonds. The summed E-state index contributed by atoms with van der Waals surface area (Å²) in [5, 5.41) is 11.9. The molecule has 0 bridgehead atoms. The van der Waals surface area contributed by atoms with Gasteiger partial charge in [0.25, 0.3) is 0 Å². The van der Waals surface area contributed by atoms with Gasteiger partial charge in [-0.05, 0) is 23.9 Å². The van der Waals surface area contributed by atoms with Crippen molar-refractivity contribution < 1.29 is 5.11 Å². The number of nitrogens with zero attached hydrogens (tertiary/aromatic N) is 1. The van der Waals surface area contributed by atoms with Crippen LogP contribution in [0.25, 0.3) is 10.8 Å². The number of hydrogen-bond donors (Lipinski definition) is 2. The zero-order valence-electron chi connectivity index (χ0n) is 10.5. The maximum atomic E-state index is 9.69. The van der Waals surface area contributed by atoms with E-state index in [0.29, 0.717) is 11.5 Å². The van der Waals surface area contributed by atoms with Crippen LogP contribution in [0.3, 0.4) is 0 Å². The third-order valence-corrected chi connectivity index (χ3v) is 3.89. The zero-order chi connectivity index (χ0) is 13.4. The maximum absolute atomic E-state index is 9.69. The first-order valence-corrected chi connectivity index (χ1v) is 6.82. The molecular formula is C15H16N2OS. The summed E-state index contributed by atoms with van der Waals surface area (Å²) in [4.78, 5) is 2.64. The second-order valence-electron chi connectivity index (χ2n) is 4.93. The van der Waals surface area contributed by atoms with Crippen molar-refractivity contribution in [3.05, 3.63) is 42.0 Å². The summed E-state index contributed by atoms with van der Waals surface area (Å²) in [6, 6.07) is 12.2. The van der Waals surface area contributed by atoms with Gasteiger partial charge in [-0.1, -0.05) is 36.5 Å². The molecule has 1 aliphatic rings. The molecule has 3 N–H and O–H groups in total. The lowest BCUT2D eigenvalue weighted by molar-refractivity contribution is 0.198. The van der Waals surface area contributed by atoms with Gasteiger partial charge in [0.1, 0.15) is 4.99 Å². The smallest absolute Gasteiger partial charge is 0.104 e. The highest BCUT2D eigenvalue weighted by Crippen LogP contribution is 2.31. The summed E-state index contributed by atoms with van der Waals surface area (Å²) in [6.07, 6.45) is 0.597. The highest BCUT2D eigenvalue weighted by Gasteiger charge is 2.22. The Morgan fingerprint density at radius 1 is 1.21 bits per heavy atom. The predicted octanol–water partition coefficient (Wildman–Crippen LogP) is 2.04. The van der Waals surface area contributed by atoms with Crippen molar-refractivity contribution in [2.45, 2.75) is 12.5 Å². The van der Waals surface area contributed by atoms with Crippen LogP contribution in [0.15, 0.2) is 36.4 Å². The second-order valence-corrected chi connectivity index (χ2v) is 5.37. The van der Waals surface area contributed by atoms with Crippen LogP contribution in [-0.2, 0) is 0 Å². The average molecular weight is 272 g/mol. The number of thiocarbonyl (C=S) groups is 1. The van der Waals surface area contributed by atoms with Crippen LogP contribution >= 0.6 is 12.2 Å². The molecule has 19 heavy (non-hydrogen) atoms. The van der Waals surface area contributed by atoms with Gasteiger partial charge in [0, 0.05) is 29.7 Å². The standard InChI is InChI=1S/C15H16N2OS/c16-15(19)13-5-6-14(17-8-7-10(18)9-17)12-4-2-1-3-11(12)13/h1-6,10,18H,7-9H2,(H2,16,19). The van der Waals surface area contributed by atoms with Crippen LogP contribution in [0.4, 0.5) is 5.69 Å². The SMILES string of the molecule is NC(=S)c1ccc(N2CCC(O)C2)c2ccccc12. The molecule has 1 saturated heterocycles. The van der Waals surface area contributed by atoms with E-state index in [-0.39, 0.29) is 6.10 Å². The molecule has 0 aromatic heterocycles. The summed E-state index contributed by atoms with van der Waals surface area (Å²) in [6.45, 7) is 1.58. The molecule has 3 rings (SSSR count). The van der Waals surface area contributed by atoms with Gasteiger partial charge < -0.3 is 15.7 Å². The zero-order valence-corrected chi connectivity index (χ0v) is 11.4. The van der Waals surface area contributed by atoms with Crippen molar-refractivity contribution in [3.8, 4) is 0 Å². The summed E-state index contributed by atoms with van der Waals surface area (Å²) in [5.41, 5.74) is 7.84. The molecular weight excluding hydrogens is 256 g/mol. The van der Waals surface area contributed by atoms with Gasteiger partial charge in [-0.2, -0.15) is 0 Å². The summed E-state index contributed by atoms with van der Waals surface area (Å²) in [5.74, 6) is 0. The van der Waals surface area contributed by atoms with Gasteiger partial charge in [0.05, 0.1) is 6.10 Å². The molecule has 1 atom stereocenters. The number of aliphatic hydroxyl groups is 1. The Bertz CT molecular complexity index is 641. The molecule has 1 unspecified atom stereocenters. The van der Waals surface area contributed by atoms with Crippen molar-refractivity contribution in [1.82, 2.24) is 0 Å². The van der Waals surface area contributed by atoms with Crippen LogP contribution in [0.5, 0.6) is 0 Å². The van der Waals surface area contributed by atoms with E-state index in [4.69, 9.17) is 18.0 Å². The minimum atomic E-state index is -0.228. The number of nitrogens with two attached hydrogens (primary N) is 1. The van der Waals surface area contributed by atoms with E-state index in [9.17, 15) is 5.11 Å². The first-order chi connectivity index (χ1) is 9.16. The fourth-order valence-corrected chi connectivity index (χ4v) is 2.91. The number of β-amino-alcohol motifs (C(OH)–C–C–N with tert-alkyl or cyclic N) is 1. The fourth-order valence-electron chi connectivity index (χ4n) is 2.73. The third kappa shape index (κ3) is 2.17. The fraction of sp³-hybridized carbons (Fsp3) is 0.267. The number of hydrogen-bond acceptors (Lipinski definition) is 3. The van der Waals surface area contributed by atoms with Crippen LogP contribution < -0.4 is 10.6 Å². The van der Waals surface area contributed by atoms with Gasteiger partial charge in [0.15, 0.2) is 0 Å². The predicted molar refractivity (Wildman–Crippen MR) is 82.7 cm³/mol. The summed E-state index contributed by atoms with van der Waals surface area (Å²) >= 11 is 5.11. The molecule has 2 aromatic rings. The Morgan fingerprint density at radius 3 is 2.58 bits per heavy atom. The molecule has 0 saturated carbocycles. The first kappa shape index (κ1) is 12.4. The molecule has 0 aliphatic carbocycles. The van der Waals surface area contributed by atoms with E-state index in [2.05, 4.69) is 17.0 Å². The van der Waals surface area contributed by atoms with E-state index in [1.165, 1.54) is 0 Å². The van der Waals surface area contributed by atoms with Crippen molar-refractivity contribution in [1.29, 1.82) is 0 Å². The minimum absolute atomic E-state index is 0.228. The van der Waals surface area contributed by atoms with Crippen LogP contribution in [0.2, 0.25) is 0 Å². The Balaban J connectivity index is 2.17. The van der Waals surface area contributed by atoms with Gasteiger partial charge in [-0.25, -0.2) is 0 Å². The van der Waals surface area contributed by atoms with Gasteiger partial charge in [-0.3, -0.25) is 0 Å². The highest BCUT2D eigenvalue weighted by atomic mass is 32.1. The molecule has 0 spiro atoms. The quantitative estimate of drug-likeness (QED) is 0.822. The molecule has 0 radical (unpaired) electrons. The van der Waals surface area contributed by atoms with Gasteiger partial charge >= 0.3 is 0 Å². The lowest BCUT2D eigenvalue weighted by Gasteiger charge is -2.21. The minimum Gasteiger partial charge on any atom is -0.391 e. The van der Waals surface area contributed by atoms with E-state index in [0.717, 1.165) is 35.0 Å². The van der Waals surface area contributed by atoms with Crippen molar-refractivity contribution in [3.63, 3.8) is 0 Å². The van der Waals surface area contributed by atoms with E-state index in [1.54, 1.807) is 0 Å². The number of fused-ring (bicyclic) bond motifs is 1. The lowest BCUT2D eigenvalue weighted by atomic mass is 10.0. The molecule has 1 fully saturated rings. The average Bonchev–Trinajstić information content (AvgIpc) is 2.83. The van der Waals surface area contributed by atoms with Crippen molar-refractivity contribution in [2.24, 2.45) is 5.73 Å². The van der Waals surface area contributed by atoms with Crippen molar-refractivity contribution >= 4 is 33.7 Å². The molecule has 1 heterocycles. The van der Waals surface area contributed by atoms with Gasteiger partial charge in [-0.15, -0.1) is 0 Å². The highest BCUT2D eigenvalue weighted by molar-refractivity contribution is 7.80. The Hall–Kier alpha value is -1.65. The Labute approximate surface area is 117 Å². The maximum Gasteiger partial charge on any atom is 0.104 e. The first-order valence-electron chi connectivity index (χ1n) is 6.41. The summed E-state index contributed by atoms with van der Waals surface area (Å²) in [7, 11) is 0. The molecule has 98 valence electrons. The second kappa shape index (κ2) is 4.79. The topological polar surface area (TPSA) is 49.5 Å². The molecule has 1 aliphatic heterocycles. The Kier molecular flexibility index (Phi) is 3.12. The lowest BCUT2D eigenvalue weighted by Crippen LogP contribution is -2.21. The number of anilines is 1. The van der Waals surface area contributed by atoms with E-state index < -0.39 is 0 Å². The number of benzene rings is 2. The molecule has 2 aromatic carbocycles. The largest absolute Gasteiger partial charge is 0.391 e. The molecule has 3 nitrogen and oxygen atoms in total. The van der Waals surface area contributed by atoms with Crippen LogP contribution in [-0.4, -0.2) is 29.3 Å². The van der Waals surface area contributed by atoms with Crippen LogP contribution in [0, 0.1) is 0 Å². The van der Waals surface area contributed by atoms with Gasteiger partial charge in [0.2, 0.25) is 0 Å². The van der Waals surface area contributed by atoms with E-state index in [1.807, 2.05) is 24.3 Å². The number of rotatable bonds is 2. The monoisotopic (exact) mass is 272 g/mol.